The van der Waals surface area contributed by atoms with E-state index in [1.165, 1.54) is 18.3 Å². The standard InChI is InChI=1S/C18H21NO3S/c1-11(2)17(13-5-7-14(22-4)8-6-13)19-18(21)16-10-9-15(23-16)12(3)20/h5-11,17H,1-4H3,(H,19,21)/t17-/m1/s1. The van der Waals surface area contributed by atoms with Crippen LogP contribution in [0, 0.1) is 5.92 Å². The van der Waals surface area contributed by atoms with Gasteiger partial charge in [-0.3, -0.25) is 9.59 Å². The first-order valence-electron chi connectivity index (χ1n) is 7.48. The highest BCUT2D eigenvalue weighted by Gasteiger charge is 2.20. The number of hydrogen-bond acceptors (Lipinski definition) is 4. The minimum absolute atomic E-state index is 0.0235. The topological polar surface area (TPSA) is 55.4 Å². The zero-order chi connectivity index (χ0) is 17.0. The molecule has 1 aromatic carbocycles. The first-order chi connectivity index (χ1) is 10.9. The van der Waals surface area contributed by atoms with Crippen molar-refractivity contribution in [3.63, 3.8) is 0 Å². The summed E-state index contributed by atoms with van der Waals surface area (Å²) >= 11 is 1.22. The average Bonchev–Trinajstić information content (AvgIpc) is 3.02. The minimum Gasteiger partial charge on any atom is -0.497 e. The Hall–Kier alpha value is -2.14. The molecule has 1 heterocycles. The number of hydrogen-bond donors (Lipinski definition) is 1. The van der Waals surface area contributed by atoms with Crippen LogP contribution in [0.4, 0.5) is 0 Å². The summed E-state index contributed by atoms with van der Waals surface area (Å²) in [5.74, 6) is 0.841. The Labute approximate surface area is 140 Å². The van der Waals surface area contributed by atoms with E-state index in [0.717, 1.165) is 11.3 Å². The summed E-state index contributed by atoms with van der Waals surface area (Å²) in [5.41, 5.74) is 1.03. The minimum atomic E-state index is -0.156. The fourth-order valence-electron chi connectivity index (χ4n) is 2.31. The van der Waals surface area contributed by atoms with Crippen LogP contribution in [0.15, 0.2) is 36.4 Å². The van der Waals surface area contributed by atoms with Gasteiger partial charge in [-0.2, -0.15) is 0 Å². The van der Waals surface area contributed by atoms with Gasteiger partial charge in [-0.05, 0) is 42.7 Å². The summed E-state index contributed by atoms with van der Waals surface area (Å²) in [5, 5.41) is 3.06. The van der Waals surface area contributed by atoms with Crippen molar-refractivity contribution >= 4 is 23.0 Å². The third kappa shape index (κ3) is 4.20. The molecule has 1 N–H and O–H groups in total. The first-order valence-corrected chi connectivity index (χ1v) is 8.29. The molecule has 4 nitrogen and oxygen atoms in total. The average molecular weight is 331 g/mol. The van der Waals surface area contributed by atoms with E-state index in [0.29, 0.717) is 9.75 Å². The maximum Gasteiger partial charge on any atom is 0.261 e. The second kappa shape index (κ2) is 7.42. The van der Waals surface area contributed by atoms with Crippen molar-refractivity contribution in [2.45, 2.75) is 26.8 Å². The van der Waals surface area contributed by atoms with Gasteiger partial charge in [0.15, 0.2) is 5.78 Å². The number of Topliss-reactive ketones (excluding diaryl/α,β-unsaturated/α-hetero) is 1. The Balaban J connectivity index is 2.17. The van der Waals surface area contributed by atoms with Gasteiger partial charge in [0.05, 0.1) is 22.9 Å². The number of methoxy groups -OCH3 is 1. The van der Waals surface area contributed by atoms with Crippen molar-refractivity contribution in [1.29, 1.82) is 0 Å². The van der Waals surface area contributed by atoms with Crippen LogP contribution in [0.3, 0.4) is 0 Å². The molecule has 0 aliphatic carbocycles. The van der Waals surface area contributed by atoms with Crippen molar-refractivity contribution in [2.24, 2.45) is 5.92 Å². The van der Waals surface area contributed by atoms with Gasteiger partial charge in [-0.1, -0.05) is 26.0 Å². The molecule has 2 rings (SSSR count). The predicted octanol–water partition coefficient (Wildman–Crippen LogP) is 4.09. The number of ketones is 1. The summed E-state index contributed by atoms with van der Waals surface area (Å²) in [7, 11) is 1.63. The van der Waals surface area contributed by atoms with E-state index in [4.69, 9.17) is 4.74 Å². The molecule has 0 unspecified atom stereocenters. The molecule has 0 bridgehead atoms. The lowest BCUT2D eigenvalue weighted by Gasteiger charge is -2.23. The van der Waals surface area contributed by atoms with Crippen molar-refractivity contribution in [2.75, 3.05) is 7.11 Å². The third-order valence-corrected chi connectivity index (χ3v) is 4.79. The van der Waals surface area contributed by atoms with E-state index >= 15 is 0 Å². The largest absolute Gasteiger partial charge is 0.497 e. The molecule has 0 radical (unpaired) electrons. The van der Waals surface area contributed by atoms with Crippen LogP contribution >= 0.6 is 11.3 Å². The van der Waals surface area contributed by atoms with Gasteiger partial charge < -0.3 is 10.1 Å². The highest BCUT2D eigenvalue weighted by Crippen LogP contribution is 2.25. The highest BCUT2D eigenvalue weighted by atomic mass is 32.1. The lowest BCUT2D eigenvalue weighted by atomic mass is 9.96. The molecule has 5 heteroatoms. The second-order valence-corrected chi connectivity index (χ2v) is 6.77. The zero-order valence-electron chi connectivity index (χ0n) is 13.8. The van der Waals surface area contributed by atoms with Crippen LogP contribution < -0.4 is 10.1 Å². The molecule has 1 amide bonds. The number of amides is 1. The number of rotatable bonds is 6. The number of carbonyl (C=O) groups is 2. The maximum atomic E-state index is 12.5. The van der Waals surface area contributed by atoms with Gasteiger partial charge in [-0.25, -0.2) is 0 Å². The van der Waals surface area contributed by atoms with Gasteiger partial charge in [0, 0.05) is 0 Å². The Morgan fingerprint density at radius 1 is 1.04 bits per heavy atom. The van der Waals surface area contributed by atoms with E-state index in [1.54, 1.807) is 19.2 Å². The number of ether oxygens (including phenoxy) is 1. The van der Waals surface area contributed by atoms with Crippen LogP contribution in [0.25, 0.3) is 0 Å². The molecule has 0 saturated carbocycles. The van der Waals surface area contributed by atoms with E-state index in [1.807, 2.05) is 24.3 Å². The van der Waals surface area contributed by atoms with Crippen molar-refractivity contribution in [3.8, 4) is 5.75 Å². The fourth-order valence-corrected chi connectivity index (χ4v) is 3.11. The van der Waals surface area contributed by atoms with Crippen LogP contribution in [-0.4, -0.2) is 18.8 Å². The molecule has 1 atom stereocenters. The van der Waals surface area contributed by atoms with Crippen LogP contribution in [0.5, 0.6) is 5.75 Å². The number of carbonyl (C=O) groups excluding carboxylic acids is 2. The van der Waals surface area contributed by atoms with E-state index < -0.39 is 0 Å². The molecule has 2 aromatic rings. The Morgan fingerprint density at radius 2 is 1.65 bits per heavy atom. The smallest absolute Gasteiger partial charge is 0.261 e. The van der Waals surface area contributed by atoms with Crippen LogP contribution in [-0.2, 0) is 0 Å². The van der Waals surface area contributed by atoms with Crippen LogP contribution in [0.2, 0.25) is 0 Å². The molecule has 0 spiro atoms. The quantitative estimate of drug-likeness (QED) is 0.811. The molecular formula is C18H21NO3S. The lowest BCUT2D eigenvalue weighted by Crippen LogP contribution is -2.31. The van der Waals surface area contributed by atoms with E-state index in [-0.39, 0.29) is 23.7 Å². The molecule has 0 fully saturated rings. The van der Waals surface area contributed by atoms with Crippen molar-refractivity contribution in [3.05, 3.63) is 51.7 Å². The number of nitrogens with one attached hydrogen (secondary N) is 1. The Kier molecular flexibility index (Phi) is 5.55. The SMILES string of the molecule is COc1ccc([C@H](NC(=O)c2ccc(C(C)=O)s2)C(C)C)cc1. The molecule has 0 aliphatic rings. The summed E-state index contributed by atoms with van der Waals surface area (Å²) in [6, 6.07) is 11.0. The van der Waals surface area contributed by atoms with E-state index in [2.05, 4.69) is 19.2 Å². The molecule has 1 aromatic heterocycles. The summed E-state index contributed by atoms with van der Waals surface area (Å²) in [4.78, 5) is 25.0. The van der Waals surface area contributed by atoms with Gasteiger partial charge >= 0.3 is 0 Å². The lowest BCUT2D eigenvalue weighted by molar-refractivity contribution is 0.0929. The summed E-state index contributed by atoms with van der Waals surface area (Å²) < 4.78 is 5.17. The monoisotopic (exact) mass is 331 g/mol. The van der Waals surface area contributed by atoms with E-state index in [9.17, 15) is 9.59 Å². The normalized spacial score (nSPS) is 12.0. The molecule has 0 aliphatic heterocycles. The van der Waals surface area contributed by atoms with Gasteiger partial charge in [0.25, 0.3) is 5.91 Å². The van der Waals surface area contributed by atoms with Crippen molar-refractivity contribution < 1.29 is 14.3 Å². The highest BCUT2D eigenvalue weighted by molar-refractivity contribution is 7.15. The Morgan fingerprint density at radius 3 is 2.13 bits per heavy atom. The Bertz CT molecular complexity index is 689. The van der Waals surface area contributed by atoms with Crippen molar-refractivity contribution in [1.82, 2.24) is 5.32 Å². The molecule has 0 saturated heterocycles. The second-order valence-electron chi connectivity index (χ2n) is 5.69. The zero-order valence-corrected chi connectivity index (χ0v) is 14.6. The summed E-state index contributed by atoms with van der Waals surface area (Å²) in [6.07, 6.45) is 0. The molecule has 122 valence electrons. The first kappa shape index (κ1) is 17.2. The maximum absolute atomic E-state index is 12.5. The van der Waals surface area contributed by atoms with Crippen LogP contribution in [0.1, 0.15) is 51.7 Å². The third-order valence-electron chi connectivity index (χ3n) is 3.60. The molecular weight excluding hydrogens is 310 g/mol. The number of thiophene rings is 1. The molecule has 23 heavy (non-hydrogen) atoms. The van der Waals surface area contributed by atoms with Gasteiger partial charge in [0.2, 0.25) is 0 Å². The fraction of sp³-hybridized carbons (Fsp3) is 0.333. The number of benzene rings is 1. The van der Waals surface area contributed by atoms with Gasteiger partial charge in [-0.15, -0.1) is 11.3 Å². The van der Waals surface area contributed by atoms with Gasteiger partial charge in [0.1, 0.15) is 5.75 Å². The summed E-state index contributed by atoms with van der Waals surface area (Å²) in [6.45, 7) is 5.62. The predicted molar refractivity (Wildman–Crippen MR) is 92.4 cm³/mol.